The number of aryl methyl sites for hydroxylation is 1. The number of benzene rings is 2. The minimum Gasteiger partial charge on any atom is -0.456 e. The monoisotopic (exact) mass is 292 g/mol. The third kappa shape index (κ3) is 3.07. The van der Waals surface area contributed by atoms with Crippen molar-refractivity contribution >= 4 is 17.3 Å². The first-order valence-electron chi connectivity index (χ1n) is 5.92. The minimum atomic E-state index is -0.445. The molecule has 0 aliphatic carbocycles. The molecular weight excluding hydrogens is 280 g/mol. The zero-order valence-electron chi connectivity index (χ0n) is 10.8. The van der Waals surface area contributed by atoms with Crippen LogP contribution in [-0.4, -0.2) is 4.92 Å². The first kappa shape index (κ1) is 14.3. The van der Waals surface area contributed by atoms with Crippen LogP contribution in [0.2, 0.25) is 5.02 Å². The standard InChI is InChI=1S/C14H13ClN2O3/c1-9-6-11(17(18)19)3-5-13(9)20-14-4-2-10(8-16)7-12(14)15/h2-7H,8,16H2,1H3. The lowest BCUT2D eigenvalue weighted by Gasteiger charge is -2.10. The zero-order chi connectivity index (χ0) is 14.7. The first-order chi connectivity index (χ1) is 9.51. The predicted molar refractivity (Wildman–Crippen MR) is 77.3 cm³/mol. The molecule has 0 saturated carbocycles. The van der Waals surface area contributed by atoms with Crippen LogP contribution < -0.4 is 10.5 Å². The molecule has 0 aliphatic heterocycles. The van der Waals surface area contributed by atoms with Crippen molar-refractivity contribution in [2.45, 2.75) is 13.5 Å². The van der Waals surface area contributed by atoms with Crippen LogP contribution in [0.5, 0.6) is 11.5 Å². The van der Waals surface area contributed by atoms with Gasteiger partial charge < -0.3 is 10.5 Å². The average molecular weight is 293 g/mol. The second-order valence-corrected chi connectivity index (χ2v) is 4.69. The predicted octanol–water partition coefficient (Wildman–Crippen LogP) is 3.81. The highest BCUT2D eigenvalue weighted by atomic mass is 35.5. The van der Waals surface area contributed by atoms with Crippen molar-refractivity contribution in [3.05, 3.63) is 62.7 Å². The Morgan fingerprint density at radius 2 is 1.95 bits per heavy atom. The van der Waals surface area contributed by atoms with E-state index in [-0.39, 0.29) is 5.69 Å². The fraction of sp³-hybridized carbons (Fsp3) is 0.143. The van der Waals surface area contributed by atoms with Gasteiger partial charge in [-0.15, -0.1) is 0 Å². The van der Waals surface area contributed by atoms with E-state index in [1.165, 1.54) is 12.1 Å². The van der Waals surface area contributed by atoms with E-state index in [1.807, 2.05) is 6.07 Å². The molecule has 2 N–H and O–H groups in total. The Morgan fingerprint density at radius 3 is 2.50 bits per heavy atom. The normalized spacial score (nSPS) is 10.3. The molecule has 0 atom stereocenters. The zero-order valence-corrected chi connectivity index (χ0v) is 11.6. The molecule has 0 saturated heterocycles. The summed E-state index contributed by atoms with van der Waals surface area (Å²) < 4.78 is 5.68. The quantitative estimate of drug-likeness (QED) is 0.686. The number of nitrogens with two attached hydrogens (primary N) is 1. The number of hydrogen-bond donors (Lipinski definition) is 1. The van der Waals surface area contributed by atoms with Gasteiger partial charge in [-0.05, 0) is 36.2 Å². The van der Waals surface area contributed by atoms with Gasteiger partial charge in [-0.25, -0.2) is 0 Å². The van der Waals surface area contributed by atoms with Gasteiger partial charge in [-0.3, -0.25) is 10.1 Å². The van der Waals surface area contributed by atoms with Gasteiger partial charge in [0.05, 0.1) is 9.95 Å². The molecule has 0 heterocycles. The molecule has 2 rings (SSSR count). The van der Waals surface area contributed by atoms with Crippen LogP contribution >= 0.6 is 11.6 Å². The molecule has 20 heavy (non-hydrogen) atoms. The third-order valence-electron chi connectivity index (χ3n) is 2.82. The van der Waals surface area contributed by atoms with E-state index < -0.39 is 4.92 Å². The maximum atomic E-state index is 10.7. The van der Waals surface area contributed by atoms with E-state index in [9.17, 15) is 10.1 Å². The smallest absolute Gasteiger partial charge is 0.269 e. The van der Waals surface area contributed by atoms with Crippen molar-refractivity contribution in [2.24, 2.45) is 5.73 Å². The molecule has 0 bridgehead atoms. The third-order valence-corrected chi connectivity index (χ3v) is 3.12. The van der Waals surface area contributed by atoms with E-state index in [4.69, 9.17) is 22.1 Å². The van der Waals surface area contributed by atoms with Crippen molar-refractivity contribution in [1.29, 1.82) is 0 Å². The van der Waals surface area contributed by atoms with Gasteiger partial charge >= 0.3 is 0 Å². The van der Waals surface area contributed by atoms with E-state index in [1.54, 1.807) is 25.1 Å². The average Bonchev–Trinajstić information content (AvgIpc) is 2.42. The summed E-state index contributed by atoms with van der Waals surface area (Å²) in [6.45, 7) is 2.14. The number of hydrogen-bond acceptors (Lipinski definition) is 4. The SMILES string of the molecule is Cc1cc([N+](=O)[O-])ccc1Oc1ccc(CN)cc1Cl. The van der Waals surface area contributed by atoms with Gasteiger partial charge in [-0.1, -0.05) is 17.7 Å². The molecule has 2 aromatic rings. The lowest BCUT2D eigenvalue weighted by Crippen LogP contribution is -1.96. The maximum Gasteiger partial charge on any atom is 0.269 e. The van der Waals surface area contributed by atoms with Gasteiger partial charge in [-0.2, -0.15) is 0 Å². The second kappa shape index (κ2) is 5.90. The summed E-state index contributed by atoms with van der Waals surface area (Å²) in [5.41, 5.74) is 7.12. The van der Waals surface area contributed by atoms with Crippen LogP contribution in [0.4, 0.5) is 5.69 Å². The van der Waals surface area contributed by atoms with E-state index in [2.05, 4.69) is 0 Å². The number of ether oxygens (including phenoxy) is 1. The second-order valence-electron chi connectivity index (χ2n) is 4.28. The summed E-state index contributed by atoms with van der Waals surface area (Å²) in [5.74, 6) is 1.01. The highest BCUT2D eigenvalue weighted by Crippen LogP contribution is 2.33. The Labute approximate surface area is 121 Å². The Kier molecular flexibility index (Phi) is 4.22. The number of nitro groups is 1. The summed E-state index contributed by atoms with van der Waals surface area (Å²) >= 11 is 6.10. The molecule has 0 spiro atoms. The fourth-order valence-corrected chi connectivity index (χ4v) is 1.98. The van der Waals surface area contributed by atoms with Gasteiger partial charge in [0.1, 0.15) is 11.5 Å². The summed E-state index contributed by atoms with van der Waals surface area (Å²) in [7, 11) is 0. The molecule has 5 nitrogen and oxygen atoms in total. The lowest BCUT2D eigenvalue weighted by molar-refractivity contribution is -0.384. The molecular formula is C14H13ClN2O3. The van der Waals surface area contributed by atoms with Gasteiger partial charge in [0, 0.05) is 18.7 Å². The van der Waals surface area contributed by atoms with Crippen LogP contribution in [0, 0.1) is 17.0 Å². The molecule has 0 unspecified atom stereocenters. The Morgan fingerprint density at radius 1 is 1.25 bits per heavy atom. The van der Waals surface area contributed by atoms with Gasteiger partial charge in [0.25, 0.3) is 5.69 Å². The molecule has 2 aromatic carbocycles. The summed E-state index contributed by atoms with van der Waals surface area (Å²) in [6, 6.07) is 9.69. The minimum absolute atomic E-state index is 0.0272. The van der Waals surface area contributed by atoms with Crippen molar-refractivity contribution in [3.63, 3.8) is 0 Å². The molecule has 0 radical (unpaired) electrons. The number of nitro benzene ring substituents is 1. The fourth-order valence-electron chi connectivity index (χ4n) is 1.73. The Balaban J connectivity index is 2.28. The number of non-ortho nitro benzene ring substituents is 1. The molecule has 104 valence electrons. The van der Waals surface area contributed by atoms with Crippen LogP contribution in [0.3, 0.4) is 0 Å². The highest BCUT2D eigenvalue weighted by Gasteiger charge is 2.11. The van der Waals surface area contributed by atoms with E-state index >= 15 is 0 Å². The van der Waals surface area contributed by atoms with Crippen LogP contribution in [-0.2, 0) is 6.54 Å². The van der Waals surface area contributed by atoms with Crippen molar-refractivity contribution in [2.75, 3.05) is 0 Å². The summed E-state index contributed by atoms with van der Waals surface area (Å²) in [6.07, 6.45) is 0. The maximum absolute atomic E-state index is 10.7. The largest absolute Gasteiger partial charge is 0.456 e. The molecule has 0 fully saturated rings. The number of halogens is 1. The lowest BCUT2D eigenvalue weighted by atomic mass is 10.2. The van der Waals surface area contributed by atoms with Crippen molar-refractivity contribution in [1.82, 2.24) is 0 Å². The molecule has 6 heteroatoms. The summed E-state index contributed by atoms with van der Waals surface area (Å²) in [5, 5.41) is 11.1. The van der Waals surface area contributed by atoms with Gasteiger partial charge in [0.15, 0.2) is 0 Å². The van der Waals surface area contributed by atoms with Crippen LogP contribution in [0.1, 0.15) is 11.1 Å². The number of rotatable bonds is 4. The topological polar surface area (TPSA) is 78.4 Å². The number of nitrogens with zero attached hydrogens (tertiary/aromatic N) is 1. The molecule has 0 amide bonds. The first-order valence-corrected chi connectivity index (χ1v) is 6.30. The van der Waals surface area contributed by atoms with Gasteiger partial charge in [0.2, 0.25) is 0 Å². The Hall–Kier alpha value is -2.11. The van der Waals surface area contributed by atoms with Crippen molar-refractivity contribution in [3.8, 4) is 11.5 Å². The van der Waals surface area contributed by atoms with E-state index in [0.29, 0.717) is 28.6 Å². The highest BCUT2D eigenvalue weighted by molar-refractivity contribution is 6.32. The van der Waals surface area contributed by atoms with Crippen molar-refractivity contribution < 1.29 is 9.66 Å². The molecule has 0 aliphatic rings. The van der Waals surface area contributed by atoms with Crippen LogP contribution in [0.15, 0.2) is 36.4 Å². The Bertz CT molecular complexity index is 659. The van der Waals surface area contributed by atoms with Crippen LogP contribution in [0.25, 0.3) is 0 Å². The van der Waals surface area contributed by atoms with E-state index in [0.717, 1.165) is 5.56 Å². The summed E-state index contributed by atoms with van der Waals surface area (Å²) in [4.78, 5) is 10.2. The molecule has 0 aromatic heterocycles.